The average molecular weight is 389 g/mol. The monoisotopic (exact) mass is 389 g/mol. The predicted octanol–water partition coefficient (Wildman–Crippen LogP) is 3.83. The summed E-state index contributed by atoms with van der Waals surface area (Å²) in [6, 6.07) is 22.4. The molecule has 29 heavy (non-hydrogen) atoms. The van der Waals surface area contributed by atoms with Crippen molar-refractivity contribution in [2.24, 2.45) is 0 Å². The first kappa shape index (κ1) is 19.1. The van der Waals surface area contributed by atoms with Crippen LogP contribution in [0.15, 0.2) is 79.1 Å². The summed E-state index contributed by atoms with van der Waals surface area (Å²) < 4.78 is 7.46. The largest absolute Gasteiger partial charge is 0.497 e. The number of methoxy groups -OCH3 is 1. The SMILES string of the molecule is COc1cccc(N2CCN(C(=O)C[C@@H](c3ccccc3)n3cccc3)CC2)c1. The van der Waals surface area contributed by atoms with Gasteiger partial charge in [0.1, 0.15) is 5.75 Å². The van der Waals surface area contributed by atoms with Crippen LogP contribution in [0.1, 0.15) is 18.0 Å². The number of carbonyl (C=O) groups excluding carboxylic acids is 1. The minimum Gasteiger partial charge on any atom is -0.497 e. The second-order valence-electron chi connectivity index (χ2n) is 7.33. The third-order valence-electron chi connectivity index (χ3n) is 5.59. The van der Waals surface area contributed by atoms with E-state index in [9.17, 15) is 4.79 Å². The minimum atomic E-state index is 0.0233. The van der Waals surface area contributed by atoms with Crippen molar-refractivity contribution in [3.63, 3.8) is 0 Å². The fourth-order valence-electron chi connectivity index (χ4n) is 3.94. The summed E-state index contributed by atoms with van der Waals surface area (Å²) in [7, 11) is 1.68. The summed E-state index contributed by atoms with van der Waals surface area (Å²) in [5.74, 6) is 1.07. The molecule has 1 aliphatic rings. The number of carbonyl (C=O) groups is 1. The fraction of sp³-hybridized carbons (Fsp3) is 0.292. The van der Waals surface area contributed by atoms with Crippen LogP contribution in [0, 0.1) is 0 Å². The summed E-state index contributed by atoms with van der Waals surface area (Å²) >= 11 is 0. The van der Waals surface area contributed by atoms with Gasteiger partial charge in [-0.1, -0.05) is 36.4 Å². The summed E-state index contributed by atoms with van der Waals surface area (Å²) in [4.78, 5) is 17.4. The molecule has 5 nitrogen and oxygen atoms in total. The Labute approximate surface area is 172 Å². The lowest BCUT2D eigenvalue weighted by molar-refractivity contribution is -0.132. The molecule has 0 saturated carbocycles. The van der Waals surface area contributed by atoms with Crippen LogP contribution in [0.25, 0.3) is 0 Å². The van der Waals surface area contributed by atoms with Gasteiger partial charge in [0.25, 0.3) is 0 Å². The molecule has 1 aliphatic heterocycles. The van der Waals surface area contributed by atoms with Gasteiger partial charge in [-0.2, -0.15) is 0 Å². The Bertz CT molecular complexity index is 916. The number of nitrogens with zero attached hydrogens (tertiary/aromatic N) is 3. The van der Waals surface area contributed by atoms with Crippen LogP contribution in [-0.4, -0.2) is 48.7 Å². The van der Waals surface area contributed by atoms with Gasteiger partial charge in [-0.15, -0.1) is 0 Å². The Hall–Kier alpha value is -3.21. The molecule has 150 valence electrons. The maximum Gasteiger partial charge on any atom is 0.225 e. The molecule has 4 rings (SSSR count). The molecule has 1 atom stereocenters. The number of anilines is 1. The van der Waals surface area contributed by atoms with Crippen LogP contribution >= 0.6 is 0 Å². The lowest BCUT2D eigenvalue weighted by atomic mass is 10.0. The van der Waals surface area contributed by atoms with Crippen molar-refractivity contribution in [2.45, 2.75) is 12.5 Å². The third kappa shape index (κ3) is 4.45. The first-order valence-corrected chi connectivity index (χ1v) is 10.1. The van der Waals surface area contributed by atoms with Gasteiger partial charge in [0.15, 0.2) is 0 Å². The van der Waals surface area contributed by atoms with Crippen molar-refractivity contribution in [3.8, 4) is 5.75 Å². The van der Waals surface area contributed by atoms with Crippen LogP contribution in [0.2, 0.25) is 0 Å². The quantitative estimate of drug-likeness (QED) is 0.643. The van der Waals surface area contributed by atoms with Crippen molar-refractivity contribution >= 4 is 11.6 Å². The second kappa shape index (κ2) is 8.86. The van der Waals surface area contributed by atoms with E-state index in [1.165, 1.54) is 0 Å². The molecule has 0 N–H and O–H groups in total. The first-order valence-electron chi connectivity index (χ1n) is 10.1. The van der Waals surface area contributed by atoms with E-state index in [2.05, 4.69) is 33.7 Å². The van der Waals surface area contributed by atoms with E-state index in [1.54, 1.807) is 7.11 Å². The number of hydrogen-bond donors (Lipinski definition) is 0. The van der Waals surface area contributed by atoms with Gasteiger partial charge in [-0.05, 0) is 29.8 Å². The summed E-state index contributed by atoms with van der Waals surface area (Å²) in [5, 5.41) is 0. The van der Waals surface area contributed by atoms with Crippen LogP contribution in [0.5, 0.6) is 5.75 Å². The highest BCUT2D eigenvalue weighted by Crippen LogP contribution is 2.25. The number of ether oxygens (including phenoxy) is 1. The molecule has 0 spiro atoms. The lowest BCUT2D eigenvalue weighted by Gasteiger charge is -2.37. The minimum absolute atomic E-state index is 0.0233. The van der Waals surface area contributed by atoms with Gasteiger partial charge in [-0.25, -0.2) is 0 Å². The predicted molar refractivity (Wildman–Crippen MR) is 115 cm³/mol. The number of benzene rings is 2. The van der Waals surface area contributed by atoms with Crippen molar-refractivity contribution in [2.75, 3.05) is 38.2 Å². The molecule has 5 heteroatoms. The van der Waals surface area contributed by atoms with Gasteiger partial charge in [0, 0.05) is 50.3 Å². The van der Waals surface area contributed by atoms with E-state index in [0.29, 0.717) is 6.42 Å². The Balaban J connectivity index is 1.41. The van der Waals surface area contributed by atoms with Gasteiger partial charge in [-0.3, -0.25) is 4.79 Å². The van der Waals surface area contributed by atoms with E-state index in [4.69, 9.17) is 4.74 Å². The number of piperazine rings is 1. The van der Waals surface area contributed by atoms with Crippen molar-refractivity contribution in [1.29, 1.82) is 0 Å². The highest BCUT2D eigenvalue weighted by atomic mass is 16.5. The average Bonchev–Trinajstić information content (AvgIpc) is 3.32. The summed E-state index contributed by atoms with van der Waals surface area (Å²) in [5.41, 5.74) is 2.30. The molecular weight excluding hydrogens is 362 g/mol. The topological polar surface area (TPSA) is 37.7 Å². The van der Waals surface area contributed by atoms with Gasteiger partial charge in [0.2, 0.25) is 5.91 Å². The van der Waals surface area contributed by atoms with Crippen molar-refractivity contribution in [1.82, 2.24) is 9.47 Å². The highest BCUT2D eigenvalue weighted by molar-refractivity contribution is 5.77. The van der Waals surface area contributed by atoms with Crippen LogP contribution in [0.4, 0.5) is 5.69 Å². The fourth-order valence-corrected chi connectivity index (χ4v) is 3.94. The highest BCUT2D eigenvalue weighted by Gasteiger charge is 2.25. The Morgan fingerprint density at radius 3 is 2.34 bits per heavy atom. The van der Waals surface area contributed by atoms with Crippen LogP contribution in [-0.2, 0) is 4.79 Å². The molecule has 1 saturated heterocycles. The van der Waals surface area contributed by atoms with E-state index in [0.717, 1.165) is 43.2 Å². The number of rotatable bonds is 6. The number of aromatic nitrogens is 1. The van der Waals surface area contributed by atoms with E-state index in [1.807, 2.05) is 59.8 Å². The molecule has 0 radical (unpaired) electrons. The van der Waals surface area contributed by atoms with Crippen molar-refractivity contribution < 1.29 is 9.53 Å². The van der Waals surface area contributed by atoms with Gasteiger partial charge >= 0.3 is 0 Å². The standard InChI is InChI=1S/C24H27N3O2/c1-29-22-11-7-10-21(18-22)25-14-16-27(17-15-25)24(28)19-23(26-12-5-6-13-26)20-8-3-2-4-9-20/h2-13,18,23H,14-17,19H2,1H3/t23-/m0/s1. The molecule has 1 aromatic heterocycles. The molecule has 2 heterocycles. The van der Waals surface area contributed by atoms with Gasteiger partial charge in [0.05, 0.1) is 19.6 Å². The van der Waals surface area contributed by atoms with Gasteiger partial charge < -0.3 is 19.1 Å². The summed E-state index contributed by atoms with van der Waals surface area (Å²) in [6.45, 7) is 3.14. The molecule has 1 amide bonds. The number of hydrogen-bond acceptors (Lipinski definition) is 3. The maximum absolute atomic E-state index is 13.1. The zero-order chi connectivity index (χ0) is 20.1. The Morgan fingerprint density at radius 1 is 0.931 bits per heavy atom. The third-order valence-corrected chi connectivity index (χ3v) is 5.59. The van der Waals surface area contributed by atoms with E-state index >= 15 is 0 Å². The summed E-state index contributed by atoms with van der Waals surface area (Å²) in [6.07, 6.45) is 4.54. The zero-order valence-electron chi connectivity index (χ0n) is 16.8. The van der Waals surface area contributed by atoms with Crippen LogP contribution in [0.3, 0.4) is 0 Å². The first-order chi connectivity index (χ1) is 14.2. The van der Waals surface area contributed by atoms with E-state index < -0.39 is 0 Å². The van der Waals surface area contributed by atoms with Crippen LogP contribution < -0.4 is 9.64 Å². The molecule has 2 aromatic carbocycles. The smallest absolute Gasteiger partial charge is 0.225 e. The normalized spacial score (nSPS) is 15.2. The number of amides is 1. The van der Waals surface area contributed by atoms with Crippen molar-refractivity contribution in [3.05, 3.63) is 84.7 Å². The van der Waals surface area contributed by atoms with E-state index in [-0.39, 0.29) is 11.9 Å². The molecule has 1 fully saturated rings. The molecule has 0 unspecified atom stereocenters. The molecule has 3 aromatic rings. The second-order valence-corrected chi connectivity index (χ2v) is 7.33. The molecule has 0 bridgehead atoms. The molecule has 0 aliphatic carbocycles. The Kier molecular flexibility index (Phi) is 5.84. The lowest BCUT2D eigenvalue weighted by Crippen LogP contribution is -2.49. The Morgan fingerprint density at radius 2 is 1.66 bits per heavy atom. The molecular formula is C24H27N3O2. The zero-order valence-corrected chi connectivity index (χ0v) is 16.8. The maximum atomic E-state index is 13.1.